The summed E-state index contributed by atoms with van der Waals surface area (Å²) in [6.07, 6.45) is 7.89. The van der Waals surface area contributed by atoms with Crippen LogP contribution in [0.25, 0.3) is 0 Å². The van der Waals surface area contributed by atoms with Crippen LogP contribution in [0.5, 0.6) is 0 Å². The highest BCUT2D eigenvalue weighted by Crippen LogP contribution is 2.37. The van der Waals surface area contributed by atoms with Gasteiger partial charge in [0.1, 0.15) is 11.6 Å². The smallest absolute Gasteiger partial charge is 0.219 e. The van der Waals surface area contributed by atoms with Gasteiger partial charge in [-0.3, -0.25) is 19.3 Å². The number of halogens is 4. The first-order valence-corrected chi connectivity index (χ1v) is 17.8. The zero-order valence-corrected chi connectivity index (χ0v) is 32.6. The summed E-state index contributed by atoms with van der Waals surface area (Å²) in [4.78, 5) is 36.1. The number of piperazine rings is 1. The van der Waals surface area contributed by atoms with Crippen LogP contribution >= 0.6 is 23.2 Å². The van der Waals surface area contributed by atoms with Crippen molar-refractivity contribution in [2.45, 2.75) is 81.1 Å². The van der Waals surface area contributed by atoms with E-state index in [1.807, 2.05) is 38.7 Å². The average molecular weight is 733 g/mol. The molecule has 1 aromatic rings. The van der Waals surface area contributed by atoms with E-state index >= 15 is 0 Å². The molecule has 2 unspecified atom stereocenters. The molecule has 0 saturated carbocycles. The molecule has 3 rings (SSSR count). The van der Waals surface area contributed by atoms with Gasteiger partial charge in [0.2, 0.25) is 18.7 Å². The van der Waals surface area contributed by atoms with Crippen LogP contribution in [-0.4, -0.2) is 80.9 Å². The third-order valence-electron chi connectivity index (χ3n) is 6.82. The lowest BCUT2D eigenvalue weighted by Gasteiger charge is -2.34. The van der Waals surface area contributed by atoms with Gasteiger partial charge in [0, 0.05) is 57.8 Å². The van der Waals surface area contributed by atoms with Gasteiger partial charge in [0.15, 0.2) is 0 Å². The first-order chi connectivity index (χ1) is 23.2. The summed E-state index contributed by atoms with van der Waals surface area (Å²) in [6.45, 7) is 28.2. The predicted octanol–water partition coefficient (Wildman–Crippen LogP) is 8.29. The second-order valence-electron chi connectivity index (χ2n) is 12.5. The van der Waals surface area contributed by atoms with Crippen molar-refractivity contribution >= 4 is 47.6 Å². The molecule has 1 aromatic carbocycles. The van der Waals surface area contributed by atoms with E-state index in [9.17, 15) is 23.2 Å². The maximum atomic E-state index is 13.9. The molecular formula is C37H61Cl2F2N5O3. The zero-order chi connectivity index (χ0) is 38.0. The van der Waals surface area contributed by atoms with Gasteiger partial charge in [-0.25, -0.2) is 8.78 Å². The number of allylic oxidation sites excluding steroid dienone is 5. The highest BCUT2D eigenvalue weighted by Gasteiger charge is 2.30. The third-order valence-corrected chi connectivity index (χ3v) is 7.44. The molecule has 3 N–H and O–H groups in total. The molecule has 2 aliphatic rings. The Balaban J connectivity index is 0. The van der Waals surface area contributed by atoms with Gasteiger partial charge in [0.25, 0.3) is 0 Å². The molecule has 2 fully saturated rings. The van der Waals surface area contributed by atoms with Gasteiger partial charge < -0.3 is 20.9 Å². The second-order valence-corrected chi connectivity index (χ2v) is 13.3. The van der Waals surface area contributed by atoms with Gasteiger partial charge in [-0.05, 0) is 61.0 Å². The van der Waals surface area contributed by atoms with Gasteiger partial charge in [-0.15, -0.1) is 0 Å². The fourth-order valence-electron chi connectivity index (χ4n) is 4.65. The molecule has 0 aliphatic carbocycles. The van der Waals surface area contributed by atoms with Crippen LogP contribution in [-0.2, 0) is 14.4 Å². The molecular weight excluding hydrogens is 671 g/mol. The van der Waals surface area contributed by atoms with Crippen LogP contribution in [0.1, 0.15) is 86.6 Å². The maximum absolute atomic E-state index is 13.9. The second kappa shape index (κ2) is 28.0. The molecule has 2 saturated heterocycles. The van der Waals surface area contributed by atoms with Crippen molar-refractivity contribution in [3.63, 3.8) is 0 Å². The Morgan fingerprint density at radius 2 is 1.65 bits per heavy atom. The van der Waals surface area contributed by atoms with Crippen LogP contribution in [0, 0.1) is 17.2 Å². The predicted molar refractivity (Wildman–Crippen MR) is 203 cm³/mol. The standard InChI is InChI=1S/C18H18Cl2F2N2O.C10H19N3O2.C5H12.2C2H6/c1-11(21)15(19)5-3-2-4-12-8-23-9-14(12)13-6-17(22)16(20)7-18(13)24-10-25;1-10(15)13-7-5-12(6-8-13)4-2-3-11-9-14;1-5(2,3)4;2*1-2/h2-3,5-7,10,12,14,23H,1,4,8-9H2,(H,24,25);9H,2-8H2,1H3,(H,11,14);1-4H3;2*1-2H3/b3-2-,15-5+;;;;. The van der Waals surface area contributed by atoms with Crippen molar-refractivity contribution < 1.29 is 23.2 Å². The van der Waals surface area contributed by atoms with E-state index in [0.29, 0.717) is 36.0 Å². The number of nitrogens with one attached hydrogen (secondary N) is 3. The van der Waals surface area contributed by atoms with Gasteiger partial charge in [-0.2, -0.15) is 0 Å². The first kappa shape index (κ1) is 48.3. The van der Waals surface area contributed by atoms with Gasteiger partial charge in [0.05, 0.1) is 10.1 Å². The summed E-state index contributed by atoms with van der Waals surface area (Å²) in [5.41, 5.74) is 1.70. The molecule has 0 aromatic heterocycles. The van der Waals surface area contributed by atoms with Crippen LogP contribution < -0.4 is 16.0 Å². The van der Waals surface area contributed by atoms with Gasteiger partial charge >= 0.3 is 0 Å². The van der Waals surface area contributed by atoms with Crippen molar-refractivity contribution in [1.29, 1.82) is 0 Å². The quantitative estimate of drug-likeness (QED) is 0.114. The number of amides is 3. The summed E-state index contributed by atoms with van der Waals surface area (Å²) >= 11 is 11.5. The first-order valence-electron chi connectivity index (χ1n) is 17.1. The maximum Gasteiger partial charge on any atom is 0.219 e. The number of hydrogen-bond donors (Lipinski definition) is 3. The molecule has 2 aliphatic heterocycles. The number of benzene rings is 1. The summed E-state index contributed by atoms with van der Waals surface area (Å²) in [7, 11) is 0. The van der Waals surface area contributed by atoms with Crippen molar-refractivity contribution in [2.24, 2.45) is 11.3 Å². The Labute approximate surface area is 304 Å². The number of carbonyl (C=O) groups is 3. The Hall–Kier alpha value is -2.79. The minimum atomic E-state index is -0.687. The molecule has 2 heterocycles. The van der Waals surface area contributed by atoms with Gasteiger partial charge in [-0.1, -0.05) is 97.3 Å². The van der Waals surface area contributed by atoms with E-state index in [2.05, 4.69) is 55.1 Å². The van der Waals surface area contributed by atoms with Crippen molar-refractivity contribution in [1.82, 2.24) is 20.4 Å². The lowest BCUT2D eigenvalue weighted by molar-refractivity contribution is -0.130. The Bertz CT molecular complexity index is 1160. The molecule has 2 atom stereocenters. The minimum Gasteiger partial charge on any atom is -0.359 e. The number of carbonyl (C=O) groups excluding carboxylic acids is 3. The van der Waals surface area contributed by atoms with Crippen molar-refractivity contribution in [2.75, 3.05) is 57.7 Å². The Morgan fingerprint density at radius 1 is 1.06 bits per heavy atom. The molecule has 12 heteroatoms. The summed E-state index contributed by atoms with van der Waals surface area (Å²) < 4.78 is 26.7. The fourth-order valence-corrected chi connectivity index (χ4v) is 4.88. The minimum absolute atomic E-state index is 0.00876. The number of nitrogens with zero attached hydrogens (tertiary/aromatic N) is 2. The van der Waals surface area contributed by atoms with Crippen molar-refractivity contribution in [3.05, 3.63) is 64.2 Å². The number of rotatable bonds is 12. The van der Waals surface area contributed by atoms with E-state index in [1.54, 1.807) is 13.0 Å². The Morgan fingerprint density at radius 3 is 2.16 bits per heavy atom. The molecule has 0 radical (unpaired) electrons. The fraction of sp³-hybridized carbons (Fsp3) is 0.595. The zero-order valence-electron chi connectivity index (χ0n) is 31.1. The summed E-state index contributed by atoms with van der Waals surface area (Å²) in [5.74, 6) is -0.852. The SMILES string of the molecule is C=C(F)/C(Cl)=C\C=C/CC1CNCC1c1cc(F)c(Cl)cc1NC=O.CC.CC.CC(=O)N1CCN(CCCNC=O)CC1.CC(C)(C)C. The van der Waals surface area contributed by atoms with E-state index in [-0.39, 0.29) is 27.8 Å². The van der Waals surface area contributed by atoms with E-state index in [1.165, 1.54) is 18.2 Å². The monoisotopic (exact) mass is 731 g/mol. The highest BCUT2D eigenvalue weighted by molar-refractivity contribution is 6.31. The molecule has 0 spiro atoms. The van der Waals surface area contributed by atoms with E-state index in [4.69, 9.17) is 23.2 Å². The normalized spacial score (nSPS) is 17.5. The van der Waals surface area contributed by atoms with Crippen LogP contribution in [0.2, 0.25) is 5.02 Å². The van der Waals surface area contributed by atoms with Crippen LogP contribution in [0.4, 0.5) is 14.5 Å². The van der Waals surface area contributed by atoms with E-state index in [0.717, 1.165) is 58.6 Å². The molecule has 280 valence electrons. The van der Waals surface area contributed by atoms with E-state index < -0.39 is 11.6 Å². The molecule has 49 heavy (non-hydrogen) atoms. The topological polar surface area (TPSA) is 93.8 Å². The van der Waals surface area contributed by atoms with Crippen LogP contribution in [0.3, 0.4) is 0 Å². The highest BCUT2D eigenvalue weighted by atomic mass is 35.5. The lowest BCUT2D eigenvalue weighted by atomic mass is 9.85. The molecule has 8 nitrogen and oxygen atoms in total. The summed E-state index contributed by atoms with van der Waals surface area (Å²) in [6, 6.07) is 2.79. The van der Waals surface area contributed by atoms with Crippen LogP contribution in [0.15, 0.2) is 47.8 Å². The molecule has 0 bridgehead atoms. The largest absolute Gasteiger partial charge is 0.359 e. The number of anilines is 1. The summed E-state index contributed by atoms with van der Waals surface area (Å²) in [5, 5.41) is 8.41. The average Bonchev–Trinajstić information content (AvgIpc) is 3.53. The lowest BCUT2D eigenvalue weighted by Crippen LogP contribution is -2.48. The Kier molecular flexibility index (Phi) is 27.6. The third kappa shape index (κ3) is 22.5. The molecule has 3 amide bonds. The van der Waals surface area contributed by atoms with Crippen molar-refractivity contribution in [3.8, 4) is 0 Å². The number of hydrogen-bond acceptors (Lipinski definition) is 5.